The largest absolute Gasteiger partial charge is 0.480 e. The minimum Gasteiger partial charge on any atom is -0.480 e. The number of likely N-dealkylation sites (tertiary alicyclic amines) is 1. The molecule has 0 radical (unpaired) electrons. The van der Waals surface area contributed by atoms with Crippen LogP contribution >= 0.6 is 0 Å². The van der Waals surface area contributed by atoms with Gasteiger partial charge in [0.2, 0.25) is 5.91 Å². The van der Waals surface area contributed by atoms with Gasteiger partial charge in [-0.3, -0.25) is 19.7 Å². The summed E-state index contributed by atoms with van der Waals surface area (Å²) in [5, 5.41) is 14.8. The standard InChI is InChI=1S/C18H27N3O5/c1-15(2)16(3,4)18(15,13(24)25)12(23)21-8-6-7-10(21)9-17(5)11(22)19-14(26)20-17/h10H,6-9H2,1-5H3,(H,24,25)(H2,19,20,22,26). The van der Waals surface area contributed by atoms with E-state index in [4.69, 9.17) is 0 Å². The Morgan fingerprint density at radius 3 is 2.15 bits per heavy atom. The van der Waals surface area contributed by atoms with E-state index in [1.807, 2.05) is 27.7 Å². The van der Waals surface area contributed by atoms with E-state index >= 15 is 0 Å². The molecule has 2 atom stereocenters. The average Bonchev–Trinajstić information content (AvgIpc) is 2.85. The number of carboxylic acids is 1. The van der Waals surface area contributed by atoms with Gasteiger partial charge in [0.15, 0.2) is 5.41 Å². The molecule has 0 aromatic rings. The van der Waals surface area contributed by atoms with E-state index < -0.39 is 39.7 Å². The van der Waals surface area contributed by atoms with Crippen molar-refractivity contribution in [2.45, 2.75) is 65.5 Å². The van der Waals surface area contributed by atoms with Crippen molar-refractivity contribution in [3.05, 3.63) is 0 Å². The SMILES string of the molecule is CC1(CC2CCCN2C(=O)C2(C(=O)O)C(C)(C)C2(C)C)NC(=O)NC1=O. The molecule has 1 aliphatic carbocycles. The number of hydrogen-bond acceptors (Lipinski definition) is 4. The molecular formula is C18H27N3O5. The summed E-state index contributed by atoms with van der Waals surface area (Å²) in [5.41, 5.74) is -3.89. The zero-order valence-electron chi connectivity index (χ0n) is 15.9. The van der Waals surface area contributed by atoms with Crippen molar-refractivity contribution in [1.82, 2.24) is 15.5 Å². The summed E-state index contributed by atoms with van der Waals surface area (Å²) < 4.78 is 0. The molecule has 1 saturated carbocycles. The Bertz CT molecular complexity index is 700. The van der Waals surface area contributed by atoms with Crippen molar-refractivity contribution in [1.29, 1.82) is 0 Å². The first-order valence-electron chi connectivity index (χ1n) is 9.01. The van der Waals surface area contributed by atoms with Gasteiger partial charge in [0.25, 0.3) is 5.91 Å². The quantitative estimate of drug-likeness (QED) is 0.510. The third-order valence-corrected chi connectivity index (χ3v) is 7.42. The Morgan fingerprint density at radius 1 is 1.15 bits per heavy atom. The second-order valence-electron chi connectivity index (χ2n) is 9.04. The Labute approximate surface area is 152 Å². The van der Waals surface area contributed by atoms with Crippen LogP contribution in [0.25, 0.3) is 0 Å². The van der Waals surface area contributed by atoms with E-state index in [1.54, 1.807) is 11.8 Å². The van der Waals surface area contributed by atoms with E-state index in [1.165, 1.54) is 0 Å². The van der Waals surface area contributed by atoms with Crippen LogP contribution in [0.5, 0.6) is 0 Å². The number of carboxylic acid groups (broad SMARTS) is 1. The van der Waals surface area contributed by atoms with E-state index in [0.717, 1.165) is 6.42 Å². The average molecular weight is 365 g/mol. The van der Waals surface area contributed by atoms with E-state index in [9.17, 15) is 24.3 Å². The highest BCUT2D eigenvalue weighted by atomic mass is 16.4. The van der Waals surface area contributed by atoms with Crippen LogP contribution in [0.2, 0.25) is 0 Å². The van der Waals surface area contributed by atoms with E-state index in [-0.39, 0.29) is 18.4 Å². The molecule has 3 rings (SSSR count). The number of nitrogens with zero attached hydrogens (tertiary/aromatic N) is 1. The van der Waals surface area contributed by atoms with Crippen LogP contribution < -0.4 is 10.6 Å². The summed E-state index contributed by atoms with van der Waals surface area (Å²) in [7, 11) is 0. The lowest BCUT2D eigenvalue weighted by Crippen LogP contribution is -2.52. The molecule has 3 aliphatic rings. The van der Waals surface area contributed by atoms with Crippen LogP contribution in [0.4, 0.5) is 4.79 Å². The summed E-state index contributed by atoms with van der Waals surface area (Å²) in [6, 6.07) is -0.820. The predicted octanol–water partition coefficient (Wildman–Crippen LogP) is 1.10. The molecule has 3 N–H and O–H groups in total. The predicted molar refractivity (Wildman–Crippen MR) is 92.1 cm³/mol. The molecule has 2 unspecified atom stereocenters. The number of amides is 4. The van der Waals surface area contributed by atoms with Gasteiger partial charge in [-0.25, -0.2) is 4.79 Å². The molecule has 4 amide bonds. The summed E-state index contributed by atoms with van der Waals surface area (Å²) in [4.78, 5) is 50.8. The summed E-state index contributed by atoms with van der Waals surface area (Å²) in [6.07, 6.45) is 1.70. The first-order chi connectivity index (χ1) is 11.8. The second kappa shape index (κ2) is 5.20. The lowest BCUT2D eigenvalue weighted by atomic mass is 9.89. The fourth-order valence-electron chi connectivity index (χ4n) is 5.20. The number of aliphatic carboxylic acids is 1. The lowest BCUT2D eigenvalue weighted by Gasteiger charge is -2.33. The highest BCUT2D eigenvalue weighted by Crippen LogP contribution is 2.78. The Hall–Kier alpha value is -2.12. The number of rotatable bonds is 4. The van der Waals surface area contributed by atoms with Crippen LogP contribution in [-0.4, -0.2) is 51.9 Å². The van der Waals surface area contributed by atoms with Crippen molar-refractivity contribution < 1.29 is 24.3 Å². The molecule has 0 aromatic heterocycles. The van der Waals surface area contributed by atoms with Crippen LogP contribution in [0.1, 0.15) is 53.9 Å². The first-order valence-corrected chi connectivity index (χ1v) is 9.01. The maximum Gasteiger partial charge on any atom is 0.322 e. The van der Waals surface area contributed by atoms with Gasteiger partial charge in [0, 0.05) is 12.6 Å². The zero-order valence-corrected chi connectivity index (χ0v) is 15.9. The molecule has 0 aromatic carbocycles. The van der Waals surface area contributed by atoms with Crippen LogP contribution in [0.15, 0.2) is 0 Å². The van der Waals surface area contributed by atoms with Crippen LogP contribution in [0.3, 0.4) is 0 Å². The van der Waals surface area contributed by atoms with Gasteiger partial charge in [-0.05, 0) is 37.0 Å². The summed E-state index contributed by atoms with van der Waals surface area (Å²) in [5.74, 6) is -1.89. The Kier molecular flexibility index (Phi) is 3.74. The first kappa shape index (κ1) is 18.7. The van der Waals surface area contributed by atoms with Crippen molar-refractivity contribution in [2.24, 2.45) is 16.2 Å². The molecule has 26 heavy (non-hydrogen) atoms. The zero-order chi connectivity index (χ0) is 19.7. The summed E-state index contributed by atoms with van der Waals surface area (Å²) in [6.45, 7) is 9.36. The normalized spacial score (nSPS) is 33.6. The van der Waals surface area contributed by atoms with Gasteiger partial charge in [-0.2, -0.15) is 0 Å². The Balaban J connectivity index is 1.87. The van der Waals surface area contributed by atoms with Gasteiger partial charge in [-0.15, -0.1) is 0 Å². The molecule has 8 heteroatoms. The molecule has 0 spiro atoms. The van der Waals surface area contributed by atoms with Crippen LogP contribution in [-0.2, 0) is 14.4 Å². The molecule has 3 fully saturated rings. The van der Waals surface area contributed by atoms with Crippen molar-refractivity contribution in [3.63, 3.8) is 0 Å². The Morgan fingerprint density at radius 2 is 1.73 bits per heavy atom. The molecule has 2 saturated heterocycles. The number of imide groups is 1. The molecule has 144 valence electrons. The fourth-order valence-corrected chi connectivity index (χ4v) is 5.20. The highest BCUT2D eigenvalue weighted by molar-refractivity contribution is 6.09. The fraction of sp³-hybridized carbons (Fsp3) is 0.778. The van der Waals surface area contributed by atoms with Gasteiger partial charge in [0.1, 0.15) is 5.54 Å². The molecule has 0 bridgehead atoms. The third kappa shape index (κ3) is 2.01. The number of nitrogens with one attached hydrogen (secondary N) is 2. The number of carbonyl (C=O) groups excluding carboxylic acids is 3. The number of carbonyl (C=O) groups is 4. The molecular weight excluding hydrogens is 338 g/mol. The monoisotopic (exact) mass is 365 g/mol. The highest BCUT2D eigenvalue weighted by Gasteiger charge is 2.86. The molecule has 8 nitrogen and oxygen atoms in total. The maximum atomic E-state index is 13.4. The molecule has 2 aliphatic heterocycles. The van der Waals surface area contributed by atoms with Crippen molar-refractivity contribution >= 4 is 23.8 Å². The summed E-state index contributed by atoms with van der Waals surface area (Å²) >= 11 is 0. The van der Waals surface area contributed by atoms with Crippen LogP contribution in [0, 0.1) is 16.2 Å². The minimum absolute atomic E-state index is 0.271. The third-order valence-electron chi connectivity index (χ3n) is 7.42. The lowest BCUT2D eigenvalue weighted by molar-refractivity contribution is -0.157. The topological polar surface area (TPSA) is 116 Å². The van der Waals surface area contributed by atoms with Gasteiger partial charge >= 0.3 is 12.0 Å². The molecule has 2 heterocycles. The minimum atomic E-state index is -1.47. The van der Waals surface area contributed by atoms with Gasteiger partial charge in [-0.1, -0.05) is 27.7 Å². The number of hydrogen-bond donors (Lipinski definition) is 3. The maximum absolute atomic E-state index is 13.4. The number of urea groups is 1. The second-order valence-corrected chi connectivity index (χ2v) is 9.04. The van der Waals surface area contributed by atoms with Gasteiger partial charge in [0.05, 0.1) is 0 Å². The van der Waals surface area contributed by atoms with Crippen molar-refractivity contribution in [2.75, 3.05) is 6.54 Å². The van der Waals surface area contributed by atoms with Crippen molar-refractivity contribution in [3.8, 4) is 0 Å². The smallest absolute Gasteiger partial charge is 0.322 e. The van der Waals surface area contributed by atoms with E-state index in [0.29, 0.717) is 13.0 Å². The van der Waals surface area contributed by atoms with E-state index in [2.05, 4.69) is 10.6 Å². The van der Waals surface area contributed by atoms with Gasteiger partial charge < -0.3 is 15.3 Å².